The minimum Gasteiger partial charge on any atom is -0.197 e. The maximum atomic E-state index is 9.09. The van der Waals surface area contributed by atoms with Gasteiger partial charge in [0, 0.05) is 0 Å². The van der Waals surface area contributed by atoms with Crippen LogP contribution in [0.4, 0.5) is 0 Å². The van der Waals surface area contributed by atoms with Gasteiger partial charge in [-0.05, 0) is 29.9 Å². The Hall–Kier alpha value is -1.29. The number of hydrogen-bond donors (Lipinski definition) is 0. The summed E-state index contributed by atoms with van der Waals surface area (Å²) in [6.45, 7) is 4.37. The van der Waals surface area contributed by atoms with E-state index in [4.69, 9.17) is 5.26 Å². The Kier molecular flexibility index (Phi) is 2.07. The van der Waals surface area contributed by atoms with Gasteiger partial charge in [-0.1, -0.05) is 38.1 Å². The molecule has 0 heterocycles. The molecule has 0 amide bonds. The third kappa shape index (κ3) is 1.42. The molecule has 1 heteroatoms. The number of rotatable bonds is 2. The van der Waals surface area contributed by atoms with Crippen LogP contribution >= 0.6 is 0 Å². The van der Waals surface area contributed by atoms with Crippen LogP contribution in [0.15, 0.2) is 24.3 Å². The molecule has 0 saturated heterocycles. The van der Waals surface area contributed by atoms with Crippen LogP contribution in [0.5, 0.6) is 0 Å². The van der Waals surface area contributed by atoms with Crippen LogP contribution in [0.2, 0.25) is 0 Å². The molecule has 2 rings (SSSR count). The van der Waals surface area contributed by atoms with Crippen molar-refractivity contribution in [3.63, 3.8) is 0 Å². The zero-order valence-electron chi connectivity index (χ0n) is 8.75. The quantitative estimate of drug-likeness (QED) is 0.693. The van der Waals surface area contributed by atoms with Crippen LogP contribution in [0.3, 0.4) is 0 Å². The first kappa shape index (κ1) is 9.27. The molecule has 0 radical (unpaired) electrons. The lowest BCUT2D eigenvalue weighted by Gasteiger charge is -2.10. The predicted octanol–water partition coefficient (Wildman–Crippen LogP) is 3.37. The van der Waals surface area contributed by atoms with E-state index >= 15 is 0 Å². The fourth-order valence-corrected chi connectivity index (χ4v) is 1.79. The van der Waals surface area contributed by atoms with E-state index in [0.717, 1.165) is 12.8 Å². The number of benzene rings is 1. The van der Waals surface area contributed by atoms with Gasteiger partial charge < -0.3 is 0 Å². The van der Waals surface area contributed by atoms with Crippen LogP contribution in [0.1, 0.15) is 43.7 Å². The van der Waals surface area contributed by atoms with Crippen molar-refractivity contribution >= 4 is 0 Å². The lowest BCUT2D eigenvalue weighted by atomic mass is 9.93. The van der Waals surface area contributed by atoms with Crippen molar-refractivity contribution in [1.29, 1.82) is 5.26 Å². The fraction of sp³-hybridized carbons (Fsp3) is 0.462. The topological polar surface area (TPSA) is 23.8 Å². The van der Waals surface area contributed by atoms with Crippen LogP contribution in [0, 0.1) is 11.3 Å². The Morgan fingerprint density at radius 2 is 2.07 bits per heavy atom. The van der Waals surface area contributed by atoms with Gasteiger partial charge in [-0.25, -0.2) is 0 Å². The third-order valence-corrected chi connectivity index (χ3v) is 3.07. The van der Waals surface area contributed by atoms with E-state index in [1.807, 2.05) is 0 Å². The highest BCUT2D eigenvalue weighted by Crippen LogP contribution is 2.47. The smallest absolute Gasteiger partial charge is 0.0823 e. The van der Waals surface area contributed by atoms with E-state index in [1.54, 1.807) is 0 Å². The molecule has 0 spiro atoms. The summed E-state index contributed by atoms with van der Waals surface area (Å²) in [4.78, 5) is 0. The second-order valence-electron chi connectivity index (χ2n) is 4.47. The van der Waals surface area contributed by atoms with Gasteiger partial charge >= 0.3 is 0 Å². The summed E-state index contributed by atoms with van der Waals surface area (Å²) < 4.78 is 0. The van der Waals surface area contributed by atoms with Crippen molar-refractivity contribution in [3.8, 4) is 6.07 Å². The van der Waals surface area contributed by atoms with Gasteiger partial charge in [0.1, 0.15) is 0 Å². The molecule has 1 aromatic carbocycles. The van der Waals surface area contributed by atoms with Gasteiger partial charge in [0.15, 0.2) is 0 Å². The number of nitrogens with zero attached hydrogens (tertiary/aromatic N) is 1. The molecule has 0 atom stereocenters. The van der Waals surface area contributed by atoms with Gasteiger partial charge in [-0.3, -0.25) is 0 Å². The summed E-state index contributed by atoms with van der Waals surface area (Å²) in [5.41, 5.74) is 2.42. The van der Waals surface area contributed by atoms with Crippen LogP contribution in [-0.4, -0.2) is 0 Å². The van der Waals surface area contributed by atoms with Gasteiger partial charge in [-0.2, -0.15) is 5.26 Å². The van der Waals surface area contributed by atoms with Crippen molar-refractivity contribution in [2.24, 2.45) is 0 Å². The predicted molar refractivity (Wildman–Crippen MR) is 57.1 cm³/mol. The van der Waals surface area contributed by atoms with Crippen LogP contribution < -0.4 is 0 Å². The molecule has 1 aliphatic carbocycles. The minimum atomic E-state index is -0.134. The Labute approximate surface area is 85.4 Å². The largest absolute Gasteiger partial charge is 0.197 e. The fourth-order valence-electron chi connectivity index (χ4n) is 1.79. The molecule has 0 aliphatic heterocycles. The highest BCUT2D eigenvalue weighted by molar-refractivity contribution is 5.41. The van der Waals surface area contributed by atoms with Crippen molar-refractivity contribution in [1.82, 2.24) is 0 Å². The van der Waals surface area contributed by atoms with E-state index in [-0.39, 0.29) is 5.41 Å². The molecule has 0 bridgehead atoms. The molecular weight excluding hydrogens is 170 g/mol. The maximum Gasteiger partial charge on any atom is 0.0823 e. The summed E-state index contributed by atoms with van der Waals surface area (Å²) >= 11 is 0. The van der Waals surface area contributed by atoms with Gasteiger partial charge in [-0.15, -0.1) is 0 Å². The summed E-state index contributed by atoms with van der Waals surface area (Å²) in [6, 6.07) is 10.9. The third-order valence-electron chi connectivity index (χ3n) is 3.07. The average Bonchev–Trinajstić information content (AvgIpc) is 2.98. The molecule has 14 heavy (non-hydrogen) atoms. The first-order chi connectivity index (χ1) is 6.68. The summed E-state index contributed by atoms with van der Waals surface area (Å²) in [6.07, 6.45) is 2.07. The summed E-state index contributed by atoms with van der Waals surface area (Å²) in [5, 5.41) is 9.09. The van der Waals surface area contributed by atoms with Gasteiger partial charge in [0.05, 0.1) is 11.5 Å². The van der Waals surface area contributed by atoms with Crippen molar-refractivity contribution in [2.45, 2.75) is 38.0 Å². The highest BCUT2D eigenvalue weighted by atomic mass is 14.5. The zero-order chi connectivity index (χ0) is 10.2. The second-order valence-corrected chi connectivity index (χ2v) is 4.47. The molecule has 0 unspecified atom stereocenters. The molecule has 1 aromatic rings. The summed E-state index contributed by atoms with van der Waals surface area (Å²) in [5.74, 6) is 0.546. The van der Waals surface area contributed by atoms with Crippen LogP contribution in [-0.2, 0) is 5.41 Å². The molecule has 1 aliphatic rings. The minimum absolute atomic E-state index is 0.134. The zero-order valence-corrected chi connectivity index (χ0v) is 8.75. The van der Waals surface area contributed by atoms with E-state index < -0.39 is 0 Å². The lowest BCUT2D eigenvalue weighted by Crippen LogP contribution is -2.03. The molecule has 72 valence electrons. The second kappa shape index (κ2) is 3.13. The molecule has 0 N–H and O–H groups in total. The van der Waals surface area contributed by atoms with Crippen LogP contribution in [0.25, 0.3) is 0 Å². The number of nitriles is 1. The Morgan fingerprint density at radius 3 is 2.57 bits per heavy atom. The Morgan fingerprint density at radius 1 is 1.36 bits per heavy atom. The first-order valence-electron chi connectivity index (χ1n) is 5.20. The first-order valence-corrected chi connectivity index (χ1v) is 5.20. The van der Waals surface area contributed by atoms with Crippen molar-refractivity contribution < 1.29 is 0 Å². The van der Waals surface area contributed by atoms with E-state index in [1.165, 1.54) is 11.1 Å². The van der Waals surface area contributed by atoms with Gasteiger partial charge in [0.25, 0.3) is 0 Å². The highest BCUT2D eigenvalue weighted by Gasteiger charge is 2.44. The normalized spacial score (nSPS) is 17.9. The van der Waals surface area contributed by atoms with Crippen molar-refractivity contribution in [2.75, 3.05) is 0 Å². The van der Waals surface area contributed by atoms with E-state index in [0.29, 0.717) is 5.92 Å². The molecule has 1 saturated carbocycles. The lowest BCUT2D eigenvalue weighted by molar-refractivity contribution is 0.846. The molecule has 1 nitrogen and oxygen atoms in total. The van der Waals surface area contributed by atoms with Gasteiger partial charge in [0.2, 0.25) is 0 Å². The molecule has 0 aromatic heterocycles. The standard InChI is InChI=1S/C13H15N/c1-10(2)11-4-3-5-12(8-11)13(9-14)6-7-13/h3-5,8,10H,6-7H2,1-2H3. The monoisotopic (exact) mass is 185 g/mol. The van der Waals surface area contributed by atoms with E-state index in [2.05, 4.69) is 44.2 Å². The molecule has 1 fully saturated rings. The SMILES string of the molecule is CC(C)c1cccc(C2(C#N)CC2)c1. The van der Waals surface area contributed by atoms with E-state index in [9.17, 15) is 0 Å². The average molecular weight is 185 g/mol. The Balaban J connectivity index is 2.37. The Bertz CT molecular complexity index is 380. The summed E-state index contributed by atoms with van der Waals surface area (Å²) in [7, 11) is 0. The maximum absolute atomic E-state index is 9.09. The number of hydrogen-bond acceptors (Lipinski definition) is 1. The molecular formula is C13H15N. The van der Waals surface area contributed by atoms with Crippen molar-refractivity contribution in [3.05, 3.63) is 35.4 Å².